The van der Waals surface area contributed by atoms with Gasteiger partial charge in [0.2, 0.25) is 0 Å². The molecular weight excluding hydrogens is 228 g/mol. The lowest BCUT2D eigenvalue weighted by Crippen LogP contribution is -2.19. The first-order valence-electron chi connectivity index (χ1n) is 6.36. The van der Waals surface area contributed by atoms with Crippen molar-refractivity contribution >= 4 is 11.6 Å². The van der Waals surface area contributed by atoms with Crippen LogP contribution >= 0.6 is 0 Å². The Bertz CT molecular complexity index is 368. The molecule has 0 spiro atoms. The molecule has 1 aromatic rings. The fourth-order valence-electron chi connectivity index (χ4n) is 1.91. The predicted molar refractivity (Wildman–Crippen MR) is 74.8 cm³/mol. The van der Waals surface area contributed by atoms with Crippen molar-refractivity contribution in [2.24, 2.45) is 5.92 Å². The smallest absolute Gasteiger partial charge is 0.158 e. The van der Waals surface area contributed by atoms with E-state index < -0.39 is 0 Å². The molecule has 1 unspecified atom stereocenters. The van der Waals surface area contributed by atoms with E-state index in [-0.39, 0.29) is 0 Å². The molecule has 1 aromatic heterocycles. The minimum atomic E-state index is 0.389. The first-order chi connectivity index (χ1) is 8.55. The summed E-state index contributed by atoms with van der Waals surface area (Å²) < 4.78 is 5.07. The van der Waals surface area contributed by atoms with Crippen LogP contribution in [-0.4, -0.2) is 30.2 Å². The van der Waals surface area contributed by atoms with Gasteiger partial charge < -0.3 is 15.4 Å². The highest BCUT2D eigenvalue weighted by Gasteiger charge is 2.08. The maximum Gasteiger partial charge on any atom is 0.158 e. The minimum absolute atomic E-state index is 0.389. The first kappa shape index (κ1) is 14.7. The molecule has 102 valence electrons. The van der Waals surface area contributed by atoms with Gasteiger partial charge in [0.05, 0.1) is 0 Å². The zero-order valence-electron chi connectivity index (χ0n) is 11.9. The molecule has 0 fully saturated rings. The summed E-state index contributed by atoms with van der Waals surface area (Å²) in [4.78, 5) is 8.75. The lowest BCUT2D eigenvalue weighted by Gasteiger charge is -2.17. The number of hydrogen-bond acceptors (Lipinski definition) is 5. The van der Waals surface area contributed by atoms with Crippen molar-refractivity contribution in [2.45, 2.75) is 39.8 Å². The molecule has 18 heavy (non-hydrogen) atoms. The summed E-state index contributed by atoms with van der Waals surface area (Å²) >= 11 is 0. The molecular formula is C13H24N4O. The lowest BCUT2D eigenvalue weighted by molar-refractivity contribution is 0.178. The third-order valence-corrected chi connectivity index (χ3v) is 2.52. The fourth-order valence-corrected chi connectivity index (χ4v) is 1.91. The highest BCUT2D eigenvalue weighted by atomic mass is 16.5. The number of rotatable bonds is 7. The summed E-state index contributed by atoms with van der Waals surface area (Å²) in [6.45, 7) is 7.01. The van der Waals surface area contributed by atoms with Crippen molar-refractivity contribution in [3.63, 3.8) is 0 Å². The summed E-state index contributed by atoms with van der Waals surface area (Å²) in [6, 6.07) is 2.30. The van der Waals surface area contributed by atoms with Crippen LogP contribution in [0.4, 0.5) is 11.6 Å². The monoisotopic (exact) mass is 252 g/mol. The van der Waals surface area contributed by atoms with Crippen LogP contribution in [0.25, 0.3) is 0 Å². The van der Waals surface area contributed by atoms with Gasteiger partial charge in [-0.1, -0.05) is 13.8 Å². The molecule has 0 radical (unpaired) electrons. The van der Waals surface area contributed by atoms with Crippen LogP contribution in [0.15, 0.2) is 6.07 Å². The van der Waals surface area contributed by atoms with Gasteiger partial charge in [0.15, 0.2) is 5.82 Å². The molecule has 1 rings (SSSR count). The summed E-state index contributed by atoms with van der Waals surface area (Å²) in [5.74, 6) is 2.99. The second kappa shape index (κ2) is 7.16. The van der Waals surface area contributed by atoms with Crippen molar-refractivity contribution in [3.05, 3.63) is 11.9 Å². The molecule has 0 saturated carbocycles. The van der Waals surface area contributed by atoms with E-state index in [4.69, 9.17) is 4.74 Å². The molecule has 1 heterocycles. The SMILES string of the molecule is CNc1cc(NC(C)CC(C)C)nc(COC)n1. The number of nitrogens with zero attached hydrogens (tertiary/aromatic N) is 2. The fraction of sp³-hybridized carbons (Fsp3) is 0.692. The number of aromatic nitrogens is 2. The van der Waals surface area contributed by atoms with Crippen LogP contribution in [0.3, 0.4) is 0 Å². The summed E-state index contributed by atoms with van der Waals surface area (Å²) in [5.41, 5.74) is 0. The quantitative estimate of drug-likeness (QED) is 0.781. The van der Waals surface area contributed by atoms with Gasteiger partial charge >= 0.3 is 0 Å². The number of methoxy groups -OCH3 is 1. The molecule has 5 heteroatoms. The number of anilines is 2. The summed E-state index contributed by atoms with van der Waals surface area (Å²) in [7, 11) is 3.49. The standard InChI is InChI=1S/C13H24N4O/c1-9(2)6-10(3)15-12-7-11(14-4)16-13(17-12)8-18-5/h7,9-10H,6,8H2,1-5H3,(H2,14,15,16,17). The van der Waals surface area contributed by atoms with Crippen LogP contribution in [0, 0.1) is 5.92 Å². The zero-order valence-corrected chi connectivity index (χ0v) is 11.9. The van der Waals surface area contributed by atoms with E-state index in [0.29, 0.717) is 24.4 Å². The summed E-state index contributed by atoms with van der Waals surface area (Å²) in [6.07, 6.45) is 1.11. The second-order valence-corrected chi connectivity index (χ2v) is 4.91. The van der Waals surface area contributed by atoms with E-state index >= 15 is 0 Å². The van der Waals surface area contributed by atoms with Crippen LogP contribution in [0.5, 0.6) is 0 Å². The average molecular weight is 252 g/mol. The Morgan fingerprint density at radius 3 is 2.44 bits per heavy atom. The topological polar surface area (TPSA) is 59.1 Å². The van der Waals surface area contributed by atoms with Crippen LogP contribution in [0.1, 0.15) is 33.0 Å². The van der Waals surface area contributed by atoms with Crippen LogP contribution < -0.4 is 10.6 Å². The first-order valence-corrected chi connectivity index (χ1v) is 6.36. The Morgan fingerprint density at radius 1 is 1.22 bits per heavy atom. The van der Waals surface area contributed by atoms with Gasteiger partial charge in [-0.2, -0.15) is 0 Å². The van der Waals surface area contributed by atoms with Crippen molar-refractivity contribution in [1.29, 1.82) is 0 Å². The van der Waals surface area contributed by atoms with E-state index in [1.807, 2.05) is 13.1 Å². The minimum Gasteiger partial charge on any atom is -0.377 e. The van der Waals surface area contributed by atoms with Crippen molar-refractivity contribution in [1.82, 2.24) is 9.97 Å². The molecule has 0 saturated heterocycles. The molecule has 5 nitrogen and oxygen atoms in total. The molecule has 2 N–H and O–H groups in total. The Labute approximate surface area is 109 Å². The van der Waals surface area contributed by atoms with Gasteiger partial charge in [0.25, 0.3) is 0 Å². The Balaban J connectivity index is 2.77. The normalized spacial score (nSPS) is 12.6. The van der Waals surface area contributed by atoms with Crippen LogP contribution in [0.2, 0.25) is 0 Å². The second-order valence-electron chi connectivity index (χ2n) is 4.91. The molecule has 0 aromatic carbocycles. The Hall–Kier alpha value is -1.36. The molecule has 0 amide bonds. The van der Waals surface area contributed by atoms with Crippen molar-refractivity contribution in [3.8, 4) is 0 Å². The predicted octanol–water partition coefficient (Wildman–Crippen LogP) is 2.51. The van der Waals surface area contributed by atoms with Gasteiger partial charge in [0, 0.05) is 26.3 Å². The maximum absolute atomic E-state index is 5.07. The van der Waals surface area contributed by atoms with Gasteiger partial charge in [0.1, 0.15) is 18.2 Å². The number of hydrogen-bond donors (Lipinski definition) is 2. The van der Waals surface area contributed by atoms with E-state index in [1.165, 1.54) is 0 Å². The van der Waals surface area contributed by atoms with Gasteiger partial charge in [-0.15, -0.1) is 0 Å². The maximum atomic E-state index is 5.07. The highest BCUT2D eigenvalue weighted by Crippen LogP contribution is 2.15. The van der Waals surface area contributed by atoms with Gasteiger partial charge in [-0.25, -0.2) is 9.97 Å². The Kier molecular flexibility index (Phi) is 5.85. The van der Waals surface area contributed by atoms with E-state index in [1.54, 1.807) is 7.11 Å². The lowest BCUT2D eigenvalue weighted by atomic mass is 10.1. The Morgan fingerprint density at radius 2 is 1.89 bits per heavy atom. The van der Waals surface area contributed by atoms with Crippen molar-refractivity contribution in [2.75, 3.05) is 24.8 Å². The van der Waals surface area contributed by atoms with E-state index in [0.717, 1.165) is 18.1 Å². The number of ether oxygens (including phenoxy) is 1. The third kappa shape index (κ3) is 4.87. The summed E-state index contributed by atoms with van der Waals surface area (Å²) in [5, 5.41) is 6.43. The molecule has 0 bridgehead atoms. The van der Waals surface area contributed by atoms with Crippen LogP contribution in [-0.2, 0) is 11.3 Å². The number of nitrogens with one attached hydrogen (secondary N) is 2. The average Bonchev–Trinajstić information content (AvgIpc) is 2.27. The molecule has 0 aliphatic rings. The largest absolute Gasteiger partial charge is 0.377 e. The molecule has 1 atom stereocenters. The van der Waals surface area contributed by atoms with Crippen molar-refractivity contribution < 1.29 is 4.74 Å². The zero-order chi connectivity index (χ0) is 13.5. The van der Waals surface area contributed by atoms with E-state index in [2.05, 4.69) is 41.4 Å². The van der Waals surface area contributed by atoms with Gasteiger partial charge in [-0.3, -0.25) is 0 Å². The molecule has 0 aliphatic carbocycles. The van der Waals surface area contributed by atoms with Gasteiger partial charge in [-0.05, 0) is 19.3 Å². The highest BCUT2D eigenvalue weighted by molar-refractivity contribution is 5.47. The van der Waals surface area contributed by atoms with E-state index in [9.17, 15) is 0 Å². The third-order valence-electron chi connectivity index (χ3n) is 2.52. The molecule has 0 aliphatic heterocycles.